The number of likely N-dealkylation sites (N-methyl/N-ethyl adjacent to an activating group) is 1. The smallest absolute Gasteiger partial charge is 0.410 e. The Kier molecular flexibility index (Phi) is 18.1. The Morgan fingerprint density at radius 1 is 0.882 bits per heavy atom. The fourth-order valence-electron chi connectivity index (χ4n) is 12.3. The molecule has 2 N–H and O–H groups in total. The largest absolute Gasteiger partial charge is 0.458 e. The van der Waals surface area contributed by atoms with Crippen molar-refractivity contribution in [2.45, 2.75) is 217 Å². The maximum absolute atomic E-state index is 15.1. The van der Waals surface area contributed by atoms with Gasteiger partial charge in [0.25, 0.3) is 0 Å². The summed E-state index contributed by atoms with van der Waals surface area (Å²) in [5, 5.41) is 24.2. The maximum atomic E-state index is 15.1. The predicted molar refractivity (Wildman–Crippen MR) is 256 cm³/mol. The molecule has 5 fully saturated rings. The highest BCUT2D eigenvalue weighted by Crippen LogP contribution is 2.45. The molecule has 15 nitrogen and oxygen atoms in total. The fraction of sp³-hybridized carbons (Fsp3) is 0.824. The standard InChI is InChI=1S/C51H80Cl2N2O13/c1-14-38-51(10)43(55(48(60)68-51)22-21-33-19-20-35(52)36(53)24-33)29(4)40(56)27(2)25-50(9,62-13)45(67-47-41(57)37(23-28(3)63-47)54(11)34-17-15-16-18-34)30(5)42(31(6)46(59)65-38)66-39-26-49(8,61-12)44(58)32(7)64-39/h19-20,24,27-32,34,37-39,41-45,47,57-58H,14-18,21-23,25-26H2,1-13H3/t27-,28-,29+,30+,31-,32+,37+,38-,39+,41-,42+,43-,44+,45-,47+,49-,50-,51-/m1/s1. The second-order valence-corrected chi connectivity index (χ2v) is 22.1. The number of hydrogen-bond acceptors (Lipinski definition) is 14. The summed E-state index contributed by atoms with van der Waals surface area (Å²) in [5.74, 6) is -4.00. The Labute approximate surface area is 414 Å². The second-order valence-electron chi connectivity index (χ2n) is 21.3. The minimum atomic E-state index is -1.46. The van der Waals surface area contributed by atoms with Crippen LogP contribution in [0.3, 0.4) is 0 Å². The lowest BCUT2D eigenvalue weighted by Crippen LogP contribution is -2.62. The summed E-state index contributed by atoms with van der Waals surface area (Å²) in [6.07, 6.45) is -2.80. The van der Waals surface area contributed by atoms with E-state index >= 15 is 4.79 Å². The van der Waals surface area contributed by atoms with E-state index in [0.717, 1.165) is 31.2 Å². The van der Waals surface area contributed by atoms with Gasteiger partial charge in [-0.3, -0.25) is 19.4 Å². The van der Waals surface area contributed by atoms with E-state index in [1.807, 2.05) is 40.7 Å². The average Bonchev–Trinajstić information content (AvgIpc) is 3.94. The summed E-state index contributed by atoms with van der Waals surface area (Å²) in [5.41, 5.74) is -2.95. The van der Waals surface area contributed by atoms with E-state index < -0.39 is 108 Å². The first-order valence-corrected chi connectivity index (χ1v) is 25.7. The molecular weight excluding hydrogens is 919 g/mol. The van der Waals surface area contributed by atoms with Crippen LogP contribution < -0.4 is 0 Å². The summed E-state index contributed by atoms with van der Waals surface area (Å²) in [4.78, 5) is 48.1. The number of esters is 1. The number of cyclic esters (lactones) is 1. The number of carbonyl (C=O) groups is 3. The van der Waals surface area contributed by atoms with Crippen LogP contribution in [0.4, 0.5) is 4.79 Å². The first-order chi connectivity index (χ1) is 31.9. The van der Waals surface area contributed by atoms with Gasteiger partial charge in [-0.25, -0.2) is 4.79 Å². The molecule has 1 aromatic rings. The van der Waals surface area contributed by atoms with Gasteiger partial charge < -0.3 is 48.1 Å². The highest BCUT2D eigenvalue weighted by Gasteiger charge is 2.61. The molecule has 0 radical (unpaired) electrons. The van der Waals surface area contributed by atoms with E-state index in [-0.39, 0.29) is 43.7 Å². The Hall–Kier alpha value is -2.15. The van der Waals surface area contributed by atoms with E-state index in [2.05, 4.69) is 11.9 Å². The summed E-state index contributed by atoms with van der Waals surface area (Å²) < 4.78 is 52.1. The van der Waals surface area contributed by atoms with E-state index in [1.165, 1.54) is 7.11 Å². The van der Waals surface area contributed by atoms with Crippen molar-refractivity contribution in [3.05, 3.63) is 33.8 Å². The molecule has 0 bridgehead atoms. The molecule has 1 saturated carbocycles. The zero-order chi connectivity index (χ0) is 50.2. The molecule has 5 aliphatic rings. The average molecular weight is 1000 g/mol. The van der Waals surface area contributed by atoms with Crippen LogP contribution in [0, 0.1) is 23.7 Å². The number of hydrogen-bond donors (Lipinski definition) is 2. The molecule has 1 aromatic carbocycles. The van der Waals surface area contributed by atoms with Gasteiger partial charge >= 0.3 is 12.1 Å². The predicted octanol–water partition coefficient (Wildman–Crippen LogP) is 7.77. The quantitative estimate of drug-likeness (QED) is 0.195. The highest BCUT2D eigenvalue weighted by molar-refractivity contribution is 6.42. The number of amides is 1. The van der Waals surface area contributed by atoms with Gasteiger partial charge in [0, 0.05) is 57.0 Å². The number of benzene rings is 1. The van der Waals surface area contributed by atoms with Crippen molar-refractivity contribution >= 4 is 41.0 Å². The van der Waals surface area contributed by atoms with Crippen molar-refractivity contribution in [1.29, 1.82) is 0 Å². The van der Waals surface area contributed by atoms with Gasteiger partial charge in [0.05, 0.1) is 57.6 Å². The zero-order valence-electron chi connectivity index (χ0n) is 42.6. The van der Waals surface area contributed by atoms with Gasteiger partial charge in [0.2, 0.25) is 0 Å². The van der Waals surface area contributed by atoms with Crippen LogP contribution in [0.2, 0.25) is 10.0 Å². The molecule has 6 rings (SSSR count). The van der Waals surface area contributed by atoms with Crippen molar-refractivity contribution in [3.63, 3.8) is 0 Å². The molecule has 18 atom stereocenters. The van der Waals surface area contributed by atoms with Crippen LogP contribution in [-0.4, -0.2) is 156 Å². The molecule has 0 aromatic heterocycles. The number of ketones is 1. The highest BCUT2D eigenvalue weighted by atomic mass is 35.5. The van der Waals surface area contributed by atoms with Gasteiger partial charge in [-0.15, -0.1) is 0 Å². The first kappa shape index (κ1) is 55.2. The maximum Gasteiger partial charge on any atom is 0.410 e. The lowest BCUT2D eigenvalue weighted by molar-refractivity contribution is -0.320. The van der Waals surface area contributed by atoms with Crippen LogP contribution in [0.5, 0.6) is 0 Å². The third kappa shape index (κ3) is 11.2. The van der Waals surface area contributed by atoms with Crippen molar-refractivity contribution < 1.29 is 62.5 Å². The van der Waals surface area contributed by atoms with Crippen LogP contribution in [-0.2, 0) is 53.9 Å². The zero-order valence-corrected chi connectivity index (χ0v) is 44.1. The molecular formula is C51H80Cl2N2O13. The molecule has 68 heavy (non-hydrogen) atoms. The van der Waals surface area contributed by atoms with Crippen LogP contribution in [0.15, 0.2) is 18.2 Å². The minimum absolute atomic E-state index is 0.124. The lowest BCUT2D eigenvalue weighted by Gasteiger charge is -2.50. The van der Waals surface area contributed by atoms with Gasteiger partial charge in [-0.05, 0) is 105 Å². The minimum Gasteiger partial charge on any atom is -0.458 e. The number of carbonyl (C=O) groups excluding carboxylic acids is 3. The number of fused-ring (bicyclic) bond motifs is 1. The van der Waals surface area contributed by atoms with Crippen LogP contribution in [0.25, 0.3) is 0 Å². The monoisotopic (exact) mass is 999 g/mol. The Morgan fingerprint density at radius 3 is 2.16 bits per heavy atom. The van der Waals surface area contributed by atoms with E-state index in [9.17, 15) is 19.8 Å². The third-order valence-corrected chi connectivity index (χ3v) is 17.2. The van der Waals surface area contributed by atoms with Gasteiger partial charge in [0.15, 0.2) is 18.2 Å². The van der Waals surface area contributed by atoms with Crippen LogP contribution >= 0.6 is 23.2 Å². The molecule has 17 heteroatoms. The molecule has 4 saturated heterocycles. The molecule has 4 heterocycles. The Morgan fingerprint density at radius 2 is 1.54 bits per heavy atom. The topological polar surface area (TPSA) is 172 Å². The third-order valence-electron chi connectivity index (χ3n) is 16.5. The SMILES string of the molecule is CC[C@H]1OC(=O)[C@H](C)[C@@H](O[C@H]2C[C@@](C)(OC)[C@@H](O)[C@H](C)O2)[C@H](C)[C@@H](O[C@@H]2O[C@H](C)C[C@H](N(C)C3CCCC3)[C@H]2O)[C@](C)(OC)C[C@@H](C)C(=O)[C@H](C)[C@H]2N(CCc3ccc(Cl)c(Cl)c3)C(=O)O[C@]12C. The van der Waals surface area contributed by atoms with E-state index in [0.29, 0.717) is 28.9 Å². The normalized spacial score (nSPS) is 42.5. The molecule has 1 aliphatic carbocycles. The van der Waals surface area contributed by atoms with Crippen molar-refractivity contribution in [2.24, 2.45) is 23.7 Å². The summed E-state index contributed by atoms with van der Waals surface area (Å²) in [7, 11) is 5.15. The van der Waals surface area contributed by atoms with E-state index in [1.54, 1.807) is 58.8 Å². The van der Waals surface area contributed by atoms with Crippen LogP contribution in [0.1, 0.15) is 126 Å². The molecule has 1 amide bonds. The van der Waals surface area contributed by atoms with E-state index in [4.69, 9.17) is 61.1 Å². The number of aliphatic hydroxyl groups is 2. The molecule has 0 unspecified atom stereocenters. The fourth-order valence-corrected chi connectivity index (χ4v) is 12.6. The molecule has 4 aliphatic heterocycles. The Balaban J connectivity index is 1.44. The second kappa shape index (κ2) is 22.3. The molecule has 386 valence electrons. The summed E-state index contributed by atoms with van der Waals surface area (Å²) >= 11 is 12.6. The summed E-state index contributed by atoms with van der Waals surface area (Å²) in [6.45, 7) is 18.4. The van der Waals surface area contributed by atoms with Crippen molar-refractivity contribution in [2.75, 3.05) is 27.8 Å². The number of methoxy groups -OCH3 is 2. The number of ether oxygens (including phenoxy) is 8. The van der Waals surface area contributed by atoms with Gasteiger partial charge in [0.1, 0.15) is 24.1 Å². The molecule has 0 spiro atoms. The number of halogens is 2. The lowest BCUT2D eigenvalue weighted by atomic mass is 9.73. The number of rotatable bonds is 12. The number of nitrogens with zero attached hydrogens (tertiary/aromatic N) is 2. The number of aliphatic hydroxyl groups excluding tert-OH is 2. The number of Topliss-reactive ketones (excluding diaryl/α,β-unsaturated/α-hetero) is 1. The van der Waals surface area contributed by atoms with Crippen molar-refractivity contribution in [1.82, 2.24) is 9.80 Å². The first-order valence-electron chi connectivity index (χ1n) is 24.9. The summed E-state index contributed by atoms with van der Waals surface area (Å²) in [6, 6.07) is 4.50. The Bertz CT molecular complexity index is 1910. The van der Waals surface area contributed by atoms with Crippen molar-refractivity contribution in [3.8, 4) is 0 Å². The van der Waals surface area contributed by atoms with Gasteiger partial charge in [-0.1, -0.05) is 69.8 Å². The van der Waals surface area contributed by atoms with Gasteiger partial charge in [-0.2, -0.15) is 0 Å².